The van der Waals surface area contributed by atoms with E-state index in [1.54, 1.807) is 14.0 Å². The second kappa shape index (κ2) is 5.47. The van der Waals surface area contributed by atoms with Crippen molar-refractivity contribution < 1.29 is 14.3 Å². The molecule has 1 aliphatic heterocycles. The lowest BCUT2D eigenvalue weighted by Gasteiger charge is -2.27. The smallest absolute Gasteiger partial charge is 0.338 e. The highest BCUT2D eigenvalue weighted by Gasteiger charge is 2.36. The van der Waals surface area contributed by atoms with Crippen LogP contribution in [0.4, 0.5) is 5.95 Å². The molecule has 1 atom stereocenters. The summed E-state index contributed by atoms with van der Waals surface area (Å²) in [5, 5.41) is 14.6. The van der Waals surface area contributed by atoms with Gasteiger partial charge in [0.1, 0.15) is 11.8 Å². The summed E-state index contributed by atoms with van der Waals surface area (Å²) in [6, 6.07) is 6.91. The van der Waals surface area contributed by atoms with Crippen molar-refractivity contribution in [3.8, 4) is 5.75 Å². The third kappa shape index (κ3) is 2.09. The minimum Gasteiger partial charge on any atom is -0.496 e. The summed E-state index contributed by atoms with van der Waals surface area (Å²) in [5.41, 5.74) is 1.86. The average molecular weight is 301 g/mol. The minimum atomic E-state index is -0.519. The number of para-hydroxylation sites is 1. The van der Waals surface area contributed by atoms with Crippen LogP contribution in [-0.4, -0.2) is 40.4 Å². The third-order valence-corrected chi connectivity index (χ3v) is 3.55. The molecular weight excluding hydrogens is 286 g/mol. The number of tetrazole rings is 1. The molecule has 0 fully saturated rings. The van der Waals surface area contributed by atoms with Gasteiger partial charge in [-0.15, -0.1) is 0 Å². The number of allylic oxidation sites excluding steroid dienone is 1. The largest absolute Gasteiger partial charge is 0.496 e. The van der Waals surface area contributed by atoms with Crippen molar-refractivity contribution in [2.24, 2.45) is 0 Å². The van der Waals surface area contributed by atoms with Crippen LogP contribution in [0.2, 0.25) is 0 Å². The normalized spacial score (nSPS) is 16.8. The minimum absolute atomic E-state index is 0.437. The Morgan fingerprint density at radius 1 is 1.32 bits per heavy atom. The first-order chi connectivity index (χ1) is 10.7. The highest BCUT2D eigenvalue weighted by atomic mass is 16.5. The Hall–Kier alpha value is -2.90. The van der Waals surface area contributed by atoms with E-state index in [1.165, 1.54) is 11.8 Å². The first-order valence-electron chi connectivity index (χ1n) is 6.64. The predicted molar refractivity (Wildman–Crippen MR) is 77.3 cm³/mol. The molecule has 0 unspecified atom stereocenters. The van der Waals surface area contributed by atoms with Crippen LogP contribution in [0.3, 0.4) is 0 Å². The van der Waals surface area contributed by atoms with Gasteiger partial charge in [-0.2, -0.15) is 4.68 Å². The Kier molecular flexibility index (Phi) is 3.50. The molecule has 2 heterocycles. The maximum absolute atomic E-state index is 12.2. The molecule has 1 N–H and O–H groups in total. The monoisotopic (exact) mass is 301 g/mol. The van der Waals surface area contributed by atoms with Crippen LogP contribution in [0.25, 0.3) is 0 Å². The van der Waals surface area contributed by atoms with Gasteiger partial charge in [0.15, 0.2) is 0 Å². The Balaban J connectivity index is 2.23. The quantitative estimate of drug-likeness (QED) is 0.850. The highest BCUT2D eigenvalue weighted by Crippen LogP contribution is 2.38. The fraction of sp³-hybridized carbons (Fsp3) is 0.286. The molecule has 8 heteroatoms. The predicted octanol–water partition coefficient (Wildman–Crippen LogP) is 1.14. The number of hydrogen-bond donors (Lipinski definition) is 1. The van der Waals surface area contributed by atoms with Gasteiger partial charge in [0, 0.05) is 11.3 Å². The molecule has 114 valence electrons. The van der Waals surface area contributed by atoms with Crippen LogP contribution in [0, 0.1) is 0 Å². The topological polar surface area (TPSA) is 91.2 Å². The molecule has 0 aliphatic carbocycles. The number of esters is 1. The number of ether oxygens (including phenoxy) is 2. The average Bonchev–Trinajstić information content (AvgIpc) is 3.00. The van der Waals surface area contributed by atoms with Crippen molar-refractivity contribution in [1.29, 1.82) is 0 Å². The maximum Gasteiger partial charge on any atom is 0.338 e. The van der Waals surface area contributed by atoms with Gasteiger partial charge in [-0.05, 0) is 23.4 Å². The van der Waals surface area contributed by atoms with Crippen LogP contribution in [0.1, 0.15) is 18.5 Å². The lowest BCUT2D eigenvalue weighted by Crippen LogP contribution is -2.29. The summed E-state index contributed by atoms with van der Waals surface area (Å²) < 4.78 is 11.9. The van der Waals surface area contributed by atoms with Crippen LogP contribution < -0.4 is 10.1 Å². The number of rotatable bonds is 3. The second-order valence-electron chi connectivity index (χ2n) is 4.75. The number of nitrogens with one attached hydrogen (secondary N) is 1. The molecule has 1 aromatic heterocycles. The first-order valence-corrected chi connectivity index (χ1v) is 6.64. The van der Waals surface area contributed by atoms with E-state index in [4.69, 9.17) is 9.47 Å². The van der Waals surface area contributed by atoms with Gasteiger partial charge in [-0.25, -0.2) is 4.79 Å². The number of benzene rings is 1. The van der Waals surface area contributed by atoms with Crippen molar-refractivity contribution in [3.05, 3.63) is 41.1 Å². The van der Waals surface area contributed by atoms with Crippen molar-refractivity contribution in [2.45, 2.75) is 13.0 Å². The number of nitrogens with zero attached hydrogens (tertiary/aromatic N) is 4. The van der Waals surface area contributed by atoms with Gasteiger partial charge < -0.3 is 14.8 Å². The zero-order valence-corrected chi connectivity index (χ0v) is 12.4. The Morgan fingerprint density at radius 2 is 2.09 bits per heavy atom. The number of carbonyl (C=O) groups is 1. The molecule has 1 aliphatic rings. The molecule has 0 saturated heterocycles. The molecule has 0 saturated carbocycles. The van der Waals surface area contributed by atoms with E-state index in [0.29, 0.717) is 23.0 Å². The third-order valence-electron chi connectivity index (χ3n) is 3.55. The molecule has 0 radical (unpaired) electrons. The molecule has 0 bridgehead atoms. The number of fused-ring (bicyclic) bond motifs is 1. The van der Waals surface area contributed by atoms with E-state index < -0.39 is 12.0 Å². The summed E-state index contributed by atoms with van der Waals surface area (Å²) in [4.78, 5) is 12.2. The van der Waals surface area contributed by atoms with E-state index in [-0.39, 0.29) is 0 Å². The number of carbonyl (C=O) groups excluding carboxylic acids is 1. The Labute approximate surface area is 126 Å². The van der Waals surface area contributed by atoms with E-state index in [0.717, 1.165) is 5.56 Å². The number of hydrogen-bond acceptors (Lipinski definition) is 7. The van der Waals surface area contributed by atoms with Crippen LogP contribution >= 0.6 is 0 Å². The molecule has 8 nitrogen and oxygen atoms in total. The van der Waals surface area contributed by atoms with Gasteiger partial charge in [0.2, 0.25) is 5.95 Å². The van der Waals surface area contributed by atoms with Gasteiger partial charge in [0.25, 0.3) is 0 Å². The highest BCUT2D eigenvalue weighted by molar-refractivity contribution is 5.92. The van der Waals surface area contributed by atoms with Crippen molar-refractivity contribution in [3.63, 3.8) is 0 Å². The molecular formula is C14H15N5O3. The Bertz CT molecular complexity index is 752. The van der Waals surface area contributed by atoms with E-state index in [9.17, 15) is 4.79 Å². The summed E-state index contributed by atoms with van der Waals surface area (Å²) in [5.74, 6) is 0.660. The van der Waals surface area contributed by atoms with Crippen molar-refractivity contribution in [1.82, 2.24) is 20.2 Å². The van der Waals surface area contributed by atoms with Crippen molar-refractivity contribution in [2.75, 3.05) is 19.5 Å². The number of anilines is 1. The molecule has 1 aromatic carbocycles. The van der Waals surface area contributed by atoms with Gasteiger partial charge in [-0.1, -0.05) is 23.3 Å². The van der Waals surface area contributed by atoms with Crippen LogP contribution in [0.15, 0.2) is 35.5 Å². The van der Waals surface area contributed by atoms with Crippen LogP contribution in [-0.2, 0) is 9.53 Å². The summed E-state index contributed by atoms with van der Waals surface area (Å²) in [6.07, 6.45) is 0. The summed E-state index contributed by atoms with van der Waals surface area (Å²) >= 11 is 0. The molecule has 3 rings (SSSR count). The zero-order valence-electron chi connectivity index (χ0n) is 12.4. The number of methoxy groups -OCH3 is 2. The summed E-state index contributed by atoms with van der Waals surface area (Å²) in [6.45, 7) is 1.78. The molecule has 0 spiro atoms. The number of aromatic nitrogens is 4. The fourth-order valence-corrected chi connectivity index (χ4v) is 2.57. The van der Waals surface area contributed by atoms with E-state index in [1.807, 2.05) is 24.3 Å². The second-order valence-corrected chi connectivity index (χ2v) is 4.75. The molecule has 0 amide bonds. The fourth-order valence-electron chi connectivity index (χ4n) is 2.57. The van der Waals surface area contributed by atoms with Crippen LogP contribution in [0.5, 0.6) is 5.75 Å². The first kappa shape index (κ1) is 14.1. The van der Waals surface area contributed by atoms with Gasteiger partial charge >= 0.3 is 5.97 Å². The van der Waals surface area contributed by atoms with E-state index >= 15 is 0 Å². The standard InChI is InChI=1S/C14H15N5O3/c1-8-11(13(20)22-3)12(19-14(15-8)16-17-18-19)9-6-4-5-7-10(9)21-2/h4-7,12H,1-3H3,(H,15,16,18)/t12-/m1/s1. The lowest BCUT2D eigenvalue weighted by atomic mass is 9.95. The molecule has 22 heavy (non-hydrogen) atoms. The van der Waals surface area contributed by atoms with Gasteiger partial charge in [0.05, 0.1) is 19.8 Å². The Morgan fingerprint density at radius 3 is 2.82 bits per heavy atom. The maximum atomic E-state index is 12.2. The molecule has 2 aromatic rings. The zero-order chi connectivity index (χ0) is 15.7. The SMILES string of the molecule is COC(=O)C1=C(C)Nc2nnnn2[C@@H]1c1ccccc1OC. The van der Waals surface area contributed by atoms with Crippen molar-refractivity contribution >= 4 is 11.9 Å². The van der Waals surface area contributed by atoms with E-state index in [2.05, 4.69) is 20.8 Å². The van der Waals surface area contributed by atoms with Gasteiger partial charge in [-0.3, -0.25) is 0 Å². The summed E-state index contributed by atoms with van der Waals surface area (Å²) in [7, 11) is 2.92. The lowest BCUT2D eigenvalue weighted by molar-refractivity contribution is -0.136.